The third kappa shape index (κ3) is 19.2. The van der Waals surface area contributed by atoms with Gasteiger partial charge in [0.25, 0.3) is 0 Å². The number of carbonyl (C=O) groups excluding carboxylic acids is 3. The summed E-state index contributed by atoms with van der Waals surface area (Å²) in [6.07, 6.45) is 0.0984. The van der Waals surface area contributed by atoms with Crippen LogP contribution in [0, 0.1) is 0 Å². The first-order valence-electron chi connectivity index (χ1n) is 15.5. The standard InChI is InChI=1S/C30H55N7O8/c1-28(2,3)43-24(38)20-34-12-14-35(21-25(39)44-29(4,5)6)16-18-37(23(27(41)42)10-11-32-33-31)19-17-36(15-13-34)22-26(40)45-30(7,8)9/h23H,10-22H2,1-9H3,(H,41,42). The van der Waals surface area contributed by atoms with Crippen LogP contribution in [0.25, 0.3) is 10.4 Å². The molecular formula is C30H55N7O8. The normalized spacial score (nSPS) is 18.1. The number of hydrogen-bond donors (Lipinski definition) is 1. The van der Waals surface area contributed by atoms with Gasteiger partial charge < -0.3 is 19.3 Å². The van der Waals surface area contributed by atoms with E-state index in [1.54, 1.807) is 67.2 Å². The Hall–Kier alpha value is -2.97. The summed E-state index contributed by atoms with van der Waals surface area (Å²) in [5, 5.41) is 13.6. The molecule has 15 heteroatoms. The summed E-state index contributed by atoms with van der Waals surface area (Å²) in [5.41, 5.74) is 6.73. The van der Waals surface area contributed by atoms with E-state index < -0.39 is 40.8 Å². The molecule has 1 fully saturated rings. The van der Waals surface area contributed by atoms with Gasteiger partial charge in [-0.25, -0.2) is 0 Å². The van der Waals surface area contributed by atoms with Gasteiger partial charge in [-0.3, -0.25) is 38.8 Å². The molecule has 45 heavy (non-hydrogen) atoms. The third-order valence-electron chi connectivity index (χ3n) is 6.48. The number of carboxylic acid groups (broad SMARTS) is 1. The lowest BCUT2D eigenvalue weighted by Gasteiger charge is -2.36. The van der Waals surface area contributed by atoms with Crippen molar-refractivity contribution in [3.05, 3.63) is 10.4 Å². The van der Waals surface area contributed by atoms with E-state index in [0.717, 1.165) is 0 Å². The van der Waals surface area contributed by atoms with Crippen LogP contribution in [0.4, 0.5) is 0 Å². The summed E-state index contributed by atoms with van der Waals surface area (Å²) >= 11 is 0. The number of nitrogens with zero attached hydrogens (tertiary/aromatic N) is 7. The molecule has 1 heterocycles. The summed E-state index contributed by atoms with van der Waals surface area (Å²) in [6.45, 7) is 18.9. The average molecular weight is 642 g/mol. The summed E-state index contributed by atoms with van der Waals surface area (Å²) in [4.78, 5) is 61.0. The predicted octanol–water partition coefficient (Wildman–Crippen LogP) is 2.39. The van der Waals surface area contributed by atoms with Crippen molar-refractivity contribution in [2.45, 2.75) is 91.6 Å². The van der Waals surface area contributed by atoms with E-state index in [9.17, 15) is 24.3 Å². The zero-order valence-electron chi connectivity index (χ0n) is 28.7. The number of carboxylic acids is 1. The smallest absolute Gasteiger partial charge is 0.320 e. The van der Waals surface area contributed by atoms with Crippen LogP contribution in [-0.2, 0) is 33.4 Å². The third-order valence-corrected chi connectivity index (χ3v) is 6.48. The van der Waals surface area contributed by atoms with Gasteiger partial charge in [0.05, 0.1) is 19.6 Å². The van der Waals surface area contributed by atoms with Crippen LogP contribution in [0.15, 0.2) is 5.11 Å². The van der Waals surface area contributed by atoms with Gasteiger partial charge in [0.2, 0.25) is 0 Å². The lowest BCUT2D eigenvalue weighted by molar-refractivity contribution is -0.158. The first-order valence-corrected chi connectivity index (χ1v) is 15.5. The quantitative estimate of drug-likeness (QED) is 0.115. The molecule has 0 aromatic rings. The number of azide groups is 1. The van der Waals surface area contributed by atoms with Crippen molar-refractivity contribution < 1.29 is 38.5 Å². The number of hydrogen-bond acceptors (Lipinski definition) is 12. The molecule has 0 saturated carbocycles. The molecule has 0 bridgehead atoms. The molecule has 0 aromatic heterocycles. The summed E-state index contributed by atoms with van der Waals surface area (Å²) < 4.78 is 16.7. The van der Waals surface area contributed by atoms with Crippen LogP contribution in [0.1, 0.15) is 68.7 Å². The Balaban J connectivity index is 3.35. The van der Waals surface area contributed by atoms with Crippen molar-refractivity contribution in [3.63, 3.8) is 0 Å². The van der Waals surface area contributed by atoms with Crippen molar-refractivity contribution in [1.29, 1.82) is 0 Å². The van der Waals surface area contributed by atoms with Crippen molar-refractivity contribution in [3.8, 4) is 0 Å². The second kappa shape index (κ2) is 18.2. The van der Waals surface area contributed by atoms with Crippen molar-refractivity contribution in [1.82, 2.24) is 19.6 Å². The van der Waals surface area contributed by atoms with Crippen LogP contribution in [-0.4, -0.2) is 150 Å². The molecule has 0 spiro atoms. The van der Waals surface area contributed by atoms with Gasteiger partial charge in [0.15, 0.2) is 0 Å². The molecule has 15 nitrogen and oxygen atoms in total. The van der Waals surface area contributed by atoms with Crippen LogP contribution in [0.3, 0.4) is 0 Å². The Kier molecular flexibility index (Phi) is 16.2. The molecule has 1 unspecified atom stereocenters. The van der Waals surface area contributed by atoms with E-state index in [-0.39, 0.29) is 51.7 Å². The summed E-state index contributed by atoms with van der Waals surface area (Å²) in [7, 11) is 0. The van der Waals surface area contributed by atoms with Crippen molar-refractivity contribution in [2.24, 2.45) is 5.11 Å². The Morgan fingerprint density at radius 2 is 0.978 bits per heavy atom. The molecular weight excluding hydrogens is 586 g/mol. The number of carbonyl (C=O) groups is 4. The molecule has 0 aliphatic carbocycles. The molecule has 0 aromatic carbocycles. The molecule has 1 N–H and O–H groups in total. The van der Waals surface area contributed by atoms with Gasteiger partial charge in [0, 0.05) is 63.8 Å². The average Bonchev–Trinajstić information content (AvgIpc) is 2.83. The largest absolute Gasteiger partial charge is 0.480 e. The highest BCUT2D eigenvalue weighted by Gasteiger charge is 2.29. The lowest BCUT2D eigenvalue weighted by Crippen LogP contribution is -2.52. The van der Waals surface area contributed by atoms with Gasteiger partial charge in [0.1, 0.15) is 22.8 Å². The highest BCUT2D eigenvalue weighted by atomic mass is 16.6. The fourth-order valence-corrected chi connectivity index (χ4v) is 4.69. The van der Waals surface area contributed by atoms with E-state index in [4.69, 9.17) is 19.7 Å². The molecule has 258 valence electrons. The minimum absolute atomic E-state index is 0.00678. The zero-order chi connectivity index (χ0) is 34.4. The summed E-state index contributed by atoms with van der Waals surface area (Å²) in [6, 6.07) is -0.950. The fraction of sp³-hybridized carbons (Fsp3) is 0.867. The molecule has 1 aliphatic heterocycles. The van der Waals surface area contributed by atoms with Gasteiger partial charge in [-0.15, -0.1) is 0 Å². The highest BCUT2D eigenvalue weighted by molar-refractivity contribution is 5.74. The first kappa shape index (κ1) is 40.1. The van der Waals surface area contributed by atoms with Gasteiger partial charge in [-0.05, 0) is 74.3 Å². The first-order chi connectivity index (χ1) is 20.7. The van der Waals surface area contributed by atoms with Crippen LogP contribution in [0.2, 0.25) is 0 Å². The molecule has 1 rings (SSSR count). The van der Waals surface area contributed by atoms with Gasteiger partial charge in [-0.1, -0.05) is 5.11 Å². The minimum Gasteiger partial charge on any atom is -0.480 e. The zero-order valence-corrected chi connectivity index (χ0v) is 28.7. The van der Waals surface area contributed by atoms with E-state index >= 15 is 0 Å². The maximum atomic E-state index is 12.8. The second-order valence-corrected chi connectivity index (χ2v) is 14.2. The van der Waals surface area contributed by atoms with Crippen LogP contribution in [0.5, 0.6) is 0 Å². The van der Waals surface area contributed by atoms with E-state index in [2.05, 4.69) is 10.0 Å². The van der Waals surface area contributed by atoms with Crippen LogP contribution < -0.4 is 0 Å². The SMILES string of the molecule is CC(C)(C)OC(=O)CN1CCN(CC(=O)OC(C)(C)C)CCN(C(CCN=[N+]=[N-])C(=O)O)CCN(CC(=O)OC(C)(C)C)CC1. The fourth-order valence-electron chi connectivity index (χ4n) is 4.69. The molecule has 1 aliphatic rings. The van der Waals surface area contributed by atoms with Gasteiger partial charge in [-0.2, -0.15) is 0 Å². The monoisotopic (exact) mass is 641 g/mol. The Morgan fingerprint density at radius 3 is 1.24 bits per heavy atom. The summed E-state index contributed by atoms with van der Waals surface area (Å²) in [5.74, 6) is -2.28. The Morgan fingerprint density at radius 1 is 0.667 bits per heavy atom. The van der Waals surface area contributed by atoms with Gasteiger partial charge >= 0.3 is 23.9 Å². The van der Waals surface area contributed by atoms with E-state index in [1.807, 2.05) is 14.7 Å². The molecule has 0 amide bonds. The number of ether oxygens (including phenoxy) is 3. The van der Waals surface area contributed by atoms with E-state index in [1.165, 1.54) is 0 Å². The Bertz CT molecular complexity index is 983. The minimum atomic E-state index is -1.06. The predicted molar refractivity (Wildman–Crippen MR) is 168 cm³/mol. The maximum Gasteiger partial charge on any atom is 0.320 e. The van der Waals surface area contributed by atoms with Crippen molar-refractivity contribution >= 4 is 23.9 Å². The lowest BCUT2D eigenvalue weighted by atomic mass is 10.1. The number of rotatable bonds is 11. The molecule has 1 atom stereocenters. The van der Waals surface area contributed by atoms with Crippen LogP contribution >= 0.6 is 0 Å². The topological polar surface area (TPSA) is 178 Å². The maximum absolute atomic E-state index is 12.8. The number of esters is 3. The second-order valence-electron chi connectivity index (χ2n) is 14.2. The number of aliphatic carboxylic acids is 1. The Labute approximate surface area is 267 Å². The molecule has 0 radical (unpaired) electrons. The van der Waals surface area contributed by atoms with E-state index in [0.29, 0.717) is 39.3 Å². The van der Waals surface area contributed by atoms with Crippen molar-refractivity contribution in [2.75, 3.05) is 78.5 Å². The molecule has 1 saturated heterocycles. The highest BCUT2D eigenvalue weighted by Crippen LogP contribution is 2.13.